The largest absolute Gasteiger partial charge is 0.493 e. The highest BCUT2D eigenvalue weighted by molar-refractivity contribution is 5.60. The molecule has 0 spiro atoms. The SMILES string of the molecule is CCCOc1cc(N)cc(N(C)C2CCN(CC)CC2)c1. The molecule has 0 unspecified atom stereocenters. The van der Waals surface area contributed by atoms with Crippen molar-refractivity contribution in [3.05, 3.63) is 18.2 Å². The number of nitrogens with two attached hydrogens (primary N) is 1. The van der Waals surface area contributed by atoms with Crippen molar-refractivity contribution in [1.82, 2.24) is 4.90 Å². The lowest BCUT2D eigenvalue weighted by Crippen LogP contribution is -2.43. The Hall–Kier alpha value is -1.42. The molecule has 0 bridgehead atoms. The van der Waals surface area contributed by atoms with Crippen molar-refractivity contribution in [3.8, 4) is 5.75 Å². The molecule has 1 aliphatic heterocycles. The molecule has 118 valence electrons. The number of benzene rings is 1. The summed E-state index contributed by atoms with van der Waals surface area (Å²) in [5.74, 6) is 0.879. The first kappa shape index (κ1) is 16.0. The van der Waals surface area contributed by atoms with Gasteiger partial charge in [0.05, 0.1) is 6.61 Å². The van der Waals surface area contributed by atoms with Gasteiger partial charge in [0.1, 0.15) is 5.75 Å². The first-order chi connectivity index (χ1) is 10.1. The Kier molecular flexibility index (Phi) is 5.74. The number of anilines is 2. The predicted molar refractivity (Wildman–Crippen MR) is 90.2 cm³/mol. The molecule has 21 heavy (non-hydrogen) atoms. The highest BCUT2D eigenvalue weighted by Gasteiger charge is 2.22. The van der Waals surface area contributed by atoms with Crippen molar-refractivity contribution in [1.29, 1.82) is 0 Å². The lowest BCUT2D eigenvalue weighted by molar-refractivity contribution is 0.221. The van der Waals surface area contributed by atoms with E-state index >= 15 is 0 Å². The summed E-state index contributed by atoms with van der Waals surface area (Å²) >= 11 is 0. The van der Waals surface area contributed by atoms with Crippen LogP contribution in [0.15, 0.2) is 18.2 Å². The van der Waals surface area contributed by atoms with Crippen LogP contribution in [0.5, 0.6) is 5.75 Å². The Morgan fingerprint density at radius 3 is 2.57 bits per heavy atom. The van der Waals surface area contributed by atoms with Crippen molar-refractivity contribution in [2.24, 2.45) is 0 Å². The molecule has 1 saturated heterocycles. The Bertz CT molecular complexity index is 442. The minimum atomic E-state index is 0.591. The maximum Gasteiger partial charge on any atom is 0.123 e. The van der Waals surface area contributed by atoms with Crippen LogP contribution in [0, 0.1) is 0 Å². The van der Waals surface area contributed by atoms with Crippen molar-refractivity contribution >= 4 is 11.4 Å². The van der Waals surface area contributed by atoms with Gasteiger partial charge in [0.2, 0.25) is 0 Å². The highest BCUT2D eigenvalue weighted by atomic mass is 16.5. The number of hydrogen-bond acceptors (Lipinski definition) is 4. The van der Waals surface area contributed by atoms with E-state index in [4.69, 9.17) is 10.5 Å². The maximum atomic E-state index is 6.03. The number of ether oxygens (including phenoxy) is 1. The molecular weight excluding hydrogens is 262 g/mol. The second-order valence-corrected chi connectivity index (χ2v) is 5.89. The predicted octanol–water partition coefficient (Wildman–Crippen LogP) is 2.98. The van der Waals surface area contributed by atoms with Crippen LogP contribution in [0.3, 0.4) is 0 Å². The molecule has 4 heteroatoms. The van der Waals surface area contributed by atoms with Gasteiger partial charge in [-0.05, 0) is 31.9 Å². The summed E-state index contributed by atoms with van der Waals surface area (Å²) in [4.78, 5) is 4.88. The van der Waals surface area contributed by atoms with Gasteiger partial charge in [0, 0.05) is 49.7 Å². The van der Waals surface area contributed by atoms with Crippen LogP contribution in [0.1, 0.15) is 33.1 Å². The summed E-state index contributed by atoms with van der Waals surface area (Å²) in [6, 6.07) is 6.66. The summed E-state index contributed by atoms with van der Waals surface area (Å²) in [6.45, 7) is 8.62. The first-order valence-electron chi connectivity index (χ1n) is 8.12. The van der Waals surface area contributed by atoms with E-state index < -0.39 is 0 Å². The van der Waals surface area contributed by atoms with Gasteiger partial charge >= 0.3 is 0 Å². The van der Waals surface area contributed by atoms with Gasteiger partial charge in [-0.3, -0.25) is 0 Å². The molecular formula is C17H29N3O. The Labute approximate surface area is 128 Å². The van der Waals surface area contributed by atoms with Gasteiger partial charge in [0.15, 0.2) is 0 Å². The average Bonchev–Trinajstić information content (AvgIpc) is 2.51. The van der Waals surface area contributed by atoms with Crippen molar-refractivity contribution < 1.29 is 4.74 Å². The zero-order valence-corrected chi connectivity index (χ0v) is 13.6. The fourth-order valence-corrected chi connectivity index (χ4v) is 2.95. The number of nitrogen functional groups attached to an aromatic ring is 1. The van der Waals surface area contributed by atoms with Gasteiger partial charge in [-0.15, -0.1) is 0 Å². The standard InChI is InChI=1S/C17H29N3O/c1-4-10-21-17-12-14(18)11-16(13-17)19(3)15-6-8-20(5-2)9-7-15/h11-13,15H,4-10,18H2,1-3H3. The van der Waals surface area contributed by atoms with E-state index in [-0.39, 0.29) is 0 Å². The van der Waals surface area contributed by atoms with Gasteiger partial charge in [-0.25, -0.2) is 0 Å². The van der Waals surface area contributed by atoms with E-state index in [1.165, 1.54) is 25.9 Å². The van der Waals surface area contributed by atoms with E-state index in [0.29, 0.717) is 6.04 Å². The number of rotatable bonds is 6. The molecule has 0 atom stereocenters. The first-order valence-corrected chi connectivity index (χ1v) is 8.12. The molecule has 0 radical (unpaired) electrons. The normalized spacial score (nSPS) is 16.9. The zero-order valence-electron chi connectivity index (χ0n) is 13.6. The average molecular weight is 291 g/mol. The van der Waals surface area contributed by atoms with Crippen LogP contribution in [0.4, 0.5) is 11.4 Å². The van der Waals surface area contributed by atoms with Crippen LogP contribution in [-0.4, -0.2) is 44.2 Å². The van der Waals surface area contributed by atoms with Crippen LogP contribution in [0.2, 0.25) is 0 Å². The molecule has 1 aliphatic rings. The third-order valence-electron chi connectivity index (χ3n) is 4.35. The second kappa shape index (κ2) is 7.55. The summed E-state index contributed by atoms with van der Waals surface area (Å²) in [5, 5.41) is 0. The zero-order chi connectivity index (χ0) is 15.2. The summed E-state index contributed by atoms with van der Waals surface area (Å²) in [6.07, 6.45) is 3.43. The quantitative estimate of drug-likeness (QED) is 0.818. The lowest BCUT2D eigenvalue weighted by atomic mass is 10.0. The minimum absolute atomic E-state index is 0.591. The molecule has 0 aromatic heterocycles. The third kappa shape index (κ3) is 4.27. The topological polar surface area (TPSA) is 41.7 Å². The second-order valence-electron chi connectivity index (χ2n) is 5.89. The summed E-state index contributed by atoms with van der Waals surface area (Å²) < 4.78 is 5.73. The molecule has 2 rings (SSSR count). The third-order valence-corrected chi connectivity index (χ3v) is 4.35. The lowest BCUT2D eigenvalue weighted by Gasteiger charge is -2.37. The Balaban J connectivity index is 2.04. The van der Waals surface area contributed by atoms with Crippen LogP contribution in [0.25, 0.3) is 0 Å². The summed E-state index contributed by atoms with van der Waals surface area (Å²) in [7, 11) is 2.17. The number of nitrogens with zero attached hydrogens (tertiary/aromatic N) is 2. The fraction of sp³-hybridized carbons (Fsp3) is 0.647. The van der Waals surface area contributed by atoms with Crippen LogP contribution >= 0.6 is 0 Å². The number of likely N-dealkylation sites (tertiary alicyclic amines) is 1. The molecule has 0 aliphatic carbocycles. The highest BCUT2D eigenvalue weighted by Crippen LogP contribution is 2.28. The molecule has 1 fully saturated rings. The maximum absolute atomic E-state index is 6.03. The molecule has 1 aromatic carbocycles. The molecule has 0 saturated carbocycles. The number of piperidine rings is 1. The van der Waals surface area contributed by atoms with Gasteiger partial charge < -0.3 is 20.3 Å². The Morgan fingerprint density at radius 2 is 1.95 bits per heavy atom. The van der Waals surface area contributed by atoms with E-state index in [9.17, 15) is 0 Å². The molecule has 4 nitrogen and oxygen atoms in total. The minimum Gasteiger partial charge on any atom is -0.493 e. The van der Waals surface area contributed by atoms with Crippen molar-refractivity contribution in [2.45, 2.75) is 39.2 Å². The van der Waals surface area contributed by atoms with E-state index in [1.807, 2.05) is 12.1 Å². The van der Waals surface area contributed by atoms with Crippen molar-refractivity contribution in [3.63, 3.8) is 0 Å². The van der Waals surface area contributed by atoms with Crippen LogP contribution in [-0.2, 0) is 0 Å². The molecule has 0 amide bonds. The molecule has 1 aromatic rings. The van der Waals surface area contributed by atoms with Gasteiger partial charge in [-0.1, -0.05) is 13.8 Å². The number of hydrogen-bond donors (Lipinski definition) is 1. The fourth-order valence-electron chi connectivity index (χ4n) is 2.95. The van der Waals surface area contributed by atoms with E-state index in [1.54, 1.807) is 0 Å². The van der Waals surface area contributed by atoms with Gasteiger partial charge in [-0.2, -0.15) is 0 Å². The van der Waals surface area contributed by atoms with Crippen molar-refractivity contribution in [2.75, 3.05) is 43.9 Å². The molecule has 1 heterocycles. The van der Waals surface area contributed by atoms with E-state index in [2.05, 4.69) is 36.8 Å². The Morgan fingerprint density at radius 1 is 1.24 bits per heavy atom. The van der Waals surface area contributed by atoms with Crippen LogP contribution < -0.4 is 15.4 Å². The summed E-state index contributed by atoms with van der Waals surface area (Å²) in [5.41, 5.74) is 7.96. The monoisotopic (exact) mass is 291 g/mol. The van der Waals surface area contributed by atoms with E-state index in [0.717, 1.165) is 36.7 Å². The van der Waals surface area contributed by atoms with Gasteiger partial charge in [0.25, 0.3) is 0 Å². The smallest absolute Gasteiger partial charge is 0.123 e. The molecule has 2 N–H and O–H groups in total.